The molecule has 0 fully saturated rings. The van der Waals surface area contributed by atoms with Crippen molar-refractivity contribution in [2.75, 3.05) is 13.4 Å². The van der Waals surface area contributed by atoms with Crippen LogP contribution in [-0.4, -0.2) is 18.5 Å². The van der Waals surface area contributed by atoms with Crippen LogP contribution in [0.25, 0.3) is 10.1 Å². The van der Waals surface area contributed by atoms with Crippen LogP contribution in [0.5, 0.6) is 11.5 Å². The summed E-state index contributed by atoms with van der Waals surface area (Å²) in [7, 11) is 1.62. The fraction of sp³-hybridized carbons (Fsp3) is 0.200. The number of hydrogen-bond donors (Lipinski definition) is 1. The second-order valence-corrected chi connectivity index (χ2v) is 4.99. The summed E-state index contributed by atoms with van der Waals surface area (Å²) in [5.41, 5.74) is 0. The summed E-state index contributed by atoms with van der Waals surface area (Å²) in [6.07, 6.45) is 2.04. The minimum Gasteiger partial charge on any atom is -0.508 e. The van der Waals surface area contributed by atoms with E-state index in [1.165, 1.54) is 4.21 Å². The van der Waals surface area contributed by atoms with Gasteiger partial charge in [-0.25, -0.2) is 0 Å². The van der Waals surface area contributed by atoms with Gasteiger partial charge in [-0.05, 0) is 18.4 Å². The smallest absolute Gasteiger partial charge is 0.140 e. The van der Waals surface area contributed by atoms with Gasteiger partial charge in [0.15, 0.2) is 0 Å². The number of fused-ring (bicyclic) bond motifs is 1. The average Bonchev–Trinajstić information content (AvgIpc) is 2.59. The lowest BCUT2D eigenvalue weighted by Crippen LogP contribution is -1.81. The van der Waals surface area contributed by atoms with Crippen molar-refractivity contribution in [1.29, 1.82) is 0 Å². The lowest BCUT2D eigenvalue weighted by molar-refractivity contribution is 0.413. The van der Waals surface area contributed by atoms with Crippen molar-refractivity contribution in [1.82, 2.24) is 0 Å². The minimum atomic E-state index is 0.250. The molecule has 0 bridgehead atoms. The number of thiophene rings is 1. The lowest BCUT2D eigenvalue weighted by Gasteiger charge is -2.01. The fourth-order valence-electron chi connectivity index (χ4n) is 1.33. The number of phenols is 1. The summed E-state index contributed by atoms with van der Waals surface area (Å²) < 4.78 is 7.53. The van der Waals surface area contributed by atoms with Crippen molar-refractivity contribution in [3.63, 3.8) is 0 Å². The normalized spacial score (nSPS) is 10.7. The van der Waals surface area contributed by atoms with E-state index in [1.807, 2.05) is 6.26 Å². The molecule has 2 aromatic rings. The Morgan fingerprint density at radius 3 is 2.79 bits per heavy atom. The number of thioether (sulfide) groups is 1. The summed E-state index contributed by atoms with van der Waals surface area (Å²) in [6, 6.07) is 5.46. The van der Waals surface area contributed by atoms with Gasteiger partial charge in [0, 0.05) is 11.5 Å². The molecule has 74 valence electrons. The summed E-state index contributed by atoms with van der Waals surface area (Å²) >= 11 is 3.38. The fourth-order valence-corrected chi connectivity index (χ4v) is 3.03. The highest BCUT2D eigenvalue weighted by Gasteiger charge is 2.08. The van der Waals surface area contributed by atoms with Gasteiger partial charge in [-0.3, -0.25) is 0 Å². The van der Waals surface area contributed by atoms with Gasteiger partial charge in [0.25, 0.3) is 0 Å². The topological polar surface area (TPSA) is 29.5 Å². The first-order chi connectivity index (χ1) is 6.74. The molecule has 0 saturated heterocycles. The van der Waals surface area contributed by atoms with Crippen molar-refractivity contribution in [3.05, 3.63) is 18.2 Å². The number of benzene rings is 1. The van der Waals surface area contributed by atoms with E-state index in [1.54, 1.807) is 42.3 Å². The molecule has 0 aliphatic carbocycles. The molecule has 0 radical (unpaired) electrons. The van der Waals surface area contributed by atoms with Crippen molar-refractivity contribution < 1.29 is 9.84 Å². The minimum absolute atomic E-state index is 0.250. The summed E-state index contributed by atoms with van der Waals surface area (Å²) in [4.78, 5) is 0. The van der Waals surface area contributed by atoms with E-state index in [0.717, 1.165) is 15.8 Å². The van der Waals surface area contributed by atoms with E-state index in [2.05, 4.69) is 6.07 Å². The average molecular weight is 226 g/mol. The van der Waals surface area contributed by atoms with Gasteiger partial charge in [-0.15, -0.1) is 23.1 Å². The van der Waals surface area contributed by atoms with Gasteiger partial charge in [-0.1, -0.05) is 0 Å². The van der Waals surface area contributed by atoms with E-state index in [4.69, 9.17) is 4.74 Å². The zero-order valence-corrected chi connectivity index (χ0v) is 9.54. The van der Waals surface area contributed by atoms with Crippen LogP contribution >= 0.6 is 23.1 Å². The summed E-state index contributed by atoms with van der Waals surface area (Å²) in [6.45, 7) is 0. The molecule has 2 rings (SSSR count). The third kappa shape index (κ3) is 1.55. The highest BCUT2D eigenvalue weighted by molar-refractivity contribution is 8.00. The van der Waals surface area contributed by atoms with Crippen molar-refractivity contribution in [2.45, 2.75) is 4.21 Å². The van der Waals surface area contributed by atoms with Crippen molar-refractivity contribution >= 4 is 33.2 Å². The number of rotatable bonds is 2. The first-order valence-electron chi connectivity index (χ1n) is 4.09. The Balaban J connectivity index is 2.71. The Hall–Kier alpha value is -0.870. The SMILES string of the molecule is COc1cc(O)cc2cc(SC)sc12. The number of methoxy groups -OCH3 is 1. The predicted molar refractivity (Wildman–Crippen MR) is 61.8 cm³/mol. The van der Waals surface area contributed by atoms with Crippen molar-refractivity contribution in [2.24, 2.45) is 0 Å². The molecule has 0 saturated carbocycles. The van der Waals surface area contributed by atoms with Crippen LogP contribution in [0, 0.1) is 0 Å². The predicted octanol–water partition coefficient (Wildman–Crippen LogP) is 3.34. The maximum Gasteiger partial charge on any atom is 0.140 e. The Bertz CT molecular complexity index is 462. The summed E-state index contributed by atoms with van der Waals surface area (Å²) in [5.74, 6) is 0.991. The monoisotopic (exact) mass is 226 g/mol. The Morgan fingerprint density at radius 2 is 2.14 bits per heavy atom. The summed E-state index contributed by atoms with van der Waals surface area (Å²) in [5, 5.41) is 10.5. The van der Waals surface area contributed by atoms with Crippen LogP contribution in [0.4, 0.5) is 0 Å². The van der Waals surface area contributed by atoms with Gasteiger partial charge in [-0.2, -0.15) is 0 Å². The highest BCUT2D eigenvalue weighted by Crippen LogP contribution is 2.39. The third-order valence-corrected chi connectivity index (χ3v) is 4.20. The molecule has 0 unspecified atom stereocenters. The second-order valence-electron chi connectivity index (χ2n) is 2.84. The number of ether oxygens (including phenoxy) is 1. The molecule has 0 spiro atoms. The molecule has 2 nitrogen and oxygen atoms in total. The molecule has 1 aromatic carbocycles. The van der Waals surface area contributed by atoms with Crippen LogP contribution in [0.2, 0.25) is 0 Å². The van der Waals surface area contributed by atoms with Crippen LogP contribution in [0.15, 0.2) is 22.4 Å². The van der Waals surface area contributed by atoms with Crippen LogP contribution in [0.3, 0.4) is 0 Å². The third-order valence-electron chi connectivity index (χ3n) is 1.97. The van der Waals surface area contributed by atoms with Gasteiger partial charge in [0.1, 0.15) is 11.5 Å². The van der Waals surface area contributed by atoms with E-state index in [9.17, 15) is 5.11 Å². The standard InChI is InChI=1S/C10H10O2S2/c1-12-8-5-7(11)3-6-4-9(13-2)14-10(6)8/h3-5,11H,1-2H3. The Labute approximate surface area is 90.5 Å². The molecular formula is C10H10O2S2. The van der Waals surface area contributed by atoms with Crippen molar-refractivity contribution in [3.8, 4) is 11.5 Å². The maximum absolute atomic E-state index is 9.44. The van der Waals surface area contributed by atoms with Gasteiger partial charge < -0.3 is 9.84 Å². The van der Waals surface area contributed by atoms with Crippen LogP contribution in [-0.2, 0) is 0 Å². The highest BCUT2D eigenvalue weighted by atomic mass is 32.2. The maximum atomic E-state index is 9.44. The second kappa shape index (κ2) is 3.71. The zero-order chi connectivity index (χ0) is 10.1. The van der Waals surface area contributed by atoms with E-state index in [0.29, 0.717) is 0 Å². The van der Waals surface area contributed by atoms with Gasteiger partial charge in [0.2, 0.25) is 0 Å². The lowest BCUT2D eigenvalue weighted by atomic mass is 10.2. The molecule has 0 atom stereocenters. The largest absolute Gasteiger partial charge is 0.508 e. The molecule has 14 heavy (non-hydrogen) atoms. The van der Waals surface area contributed by atoms with Crippen LogP contribution < -0.4 is 4.74 Å². The first-order valence-corrected chi connectivity index (χ1v) is 6.13. The first kappa shape index (κ1) is 9.68. The Morgan fingerprint density at radius 1 is 1.36 bits per heavy atom. The van der Waals surface area contributed by atoms with E-state index >= 15 is 0 Å². The number of phenolic OH excluding ortho intramolecular Hbond substituents is 1. The molecule has 0 aliphatic heterocycles. The molecule has 4 heteroatoms. The molecule has 1 heterocycles. The van der Waals surface area contributed by atoms with E-state index < -0.39 is 0 Å². The molecular weight excluding hydrogens is 216 g/mol. The number of hydrogen-bond acceptors (Lipinski definition) is 4. The van der Waals surface area contributed by atoms with Crippen LogP contribution in [0.1, 0.15) is 0 Å². The van der Waals surface area contributed by atoms with E-state index in [-0.39, 0.29) is 5.75 Å². The molecule has 1 aromatic heterocycles. The van der Waals surface area contributed by atoms with Gasteiger partial charge in [0.05, 0.1) is 16.0 Å². The zero-order valence-electron chi connectivity index (χ0n) is 7.90. The quantitative estimate of drug-likeness (QED) is 0.796. The number of aromatic hydroxyl groups is 1. The van der Waals surface area contributed by atoms with Gasteiger partial charge >= 0.3 is 0 Å². The molecule has 0 aliphatic rings. The Kier molecular flexibility index (Phi) is 2.56. The molecule has 1 N–H and O–H groups in total. The molecule has 0 amide bonds.